The van der Waals surface area contributed by atoms with E-state index in [0.717, 1.165) is 35.6 Å². The summed E-state index contributed by atoms with van der Waals surface area (Å²) in [5.74, 6) is 0.711. The van der Waals surface area contributed by atoms with E-state index in [4.69, 9.17) is 10.5 Å². The zero-order chi connectivity index (χ0) is 26.0. The molecule has 0 radical (unpaired) electrons. The van der Waals surface area contributed by atoms with E-state index in [1.165, 1.54) is 11.1 Å². The number of halogens is 1. The number of alkyl halides is 1. The standard InChI is InChI=1S/C30H36FN3O3/c1-27-9-8-20-14-30(31)26(36)25(35)22(34(2)3)15-28(30)10-11-29(20,37-28)23(27)7-6-21(27)18-5-4-17-13-24(32)33-16-19(17)12-18/h4-6,8,12-13,16,22-23,25-26,35-36H,7,9-11,14-15H2,1-3H3,(H2,32,33)/t22-,23?,25+,26-,27+,28+,29+,30?/m0/s1. The van der Waals surface area contributed by atoms with Crippen molar-refractivity contribution in [3.05, 3.63) is 53.8 Å². The van der Waals surface area contributed by atoms with Gasteiger partial charge in [0.1, 0.15) is 17.5 Å². The fourth-order valence-electron chi connectivity index (χ4n) is 8.76. The van der Waals surface area contributed by atoms with Gasteiger partial charge in [-0.15, -0.1) is 0 Å². The number of anilines is 1. The van der Waals surface area contributed by atoms with Gasteiger partial charge >= 0.3 is 0 Å². The highest BCUT2D eigenvalue weighted by Gasteiger charge is 2.76. The van der Waals surface area contributed by atoms with Gasteiger partial charge in [-0.2, -0.15) is 0 Å². The van der Waals surface area contributed by atoms with Crippen LogP contribution < -0.4 is 5.73 Å². The summed E-state index contributed by atoms with van der Waals surface area (Å²) in [6, 6.07) is 8.02. The van der Waals surface area contributed by atoms with Gasteiger partial charge in [0.2, 0.25) is 0 Å². The number of nitrogens with two attached hydrogens (primary N) is 1. The highest BCUT2D eigenvalue weighted by molar-refractivity contribution is 5.88. The van der Waals surface area contributed by atoms with E-state index in [9.17, 15) is 10.2 Å². The summed E-state index contributed by atoms with van der Waals surface area (Å²) in [5, 5.41) is 24.1. The smallest absolute Gasteiger partial charge is 0.171 e. The molecule has 4 N–H and O–H groups in total. The first kappa shape index (κ1) is 23.8. The summed E-state index contributed by atoms with van der Waals surface area (Å²) in [6.07, 6.45) is 7.24. The molecule has 2 bridgehead atoms. The zero-order valence-corrected chi connectivity index (χ0v) is 21.7. The van der Waals surface area contributed by atoms with Crippen LogP contribution in [0.1, 0.15) is 51.0 Å². The van der Waals surface area contributed by atoms with Gasteiger partial charge in [-0.3, -0.25) is 0 Å². The minimum absolute atomic E-state index is 0.135. The van der Waals surface area contributed by atoms with Crippen molar-refractivity contribution in [1.29, 1.82) is 0 Å². The molecule has 2 aromatic rings. The van der Waals surface area contributed by atoms with Crippen LogP contribution in [0.25, 0.3) is 16.3 Å². The fourth-order valence-corrected chi connectivity index (χ4v) is 8.76. The number of ether oxygens (including phenoxy) is 1. The molecular weight excluding hydrogens is 469 g/mol. The topological polar surface area (TPSA) is 91.8 Å². The predicted octanol–water partition coefficient (Wildman–Crippen LogP) is 4.01. The second-order valence-electron chi connectivity index (χ2n) is 12.6. The van der Waals surface area contributed by atoms with E-state index in [0.29, 0.717) is 18.7 Å². The van der Waals surface area contributed by atoms with E-state index < -0.39 is 29.1 Å². The molecule has 2 unspecified atom stereocenters. The highest BCUT2D eigenvalue weighted by atomic mass is 19.1. The number of hydrogen-bond donors (Lipinski definition) is 3. The Kier molecular flexibility index (Phi) is 4.76. The Bertz CT molecular complexity index is 1380. The Balaban J connectivity index is 1.28. The van der Waals surface area contributed by atoms with E-state index in [2.05, 4.69) is 42.3 Å². The minimum Gasteiger partial charge on any atom is -0.389 e. The third-order valence-corrected chi connectivity index (χ3v) is 10.7. The van der Waals surface area contributed by atoms with E-state index in [1.54, 1.807) is 0 Å². The second kappa shape index (κ2) is 7.41. The Morgan fingerprint density at radius 2 is 1.95 bits per heavy atom. The Labute approximate surface area is 217 Å². The average molecular weight is 506 g/mol. The maximum atomic E-state index is 16.9. The number of likely N-dealkylation sites (N-methyl/N-ethyl adjacent to an activating group) is 1. The van der Waals surface area contributed by atoms with Crippen LogP contribution in [0.15, 0.2) is 48.2 Å². The molecule has 2 saturated heterocycles. The van der Waals surface area contributed by atoms with Crippen molar-refractivity contribution in [2.24, 2.45) is 11.3 Å². The van der Waals surface area contributed by atoms with Crippen LogP contribution in [0.4, 0.5) is 10.2 Å². The maximum Gasteiger partial charge on any atom is 0.171 e. The van der Waals surface area contributed by atoms with Crippen molar-refractivity contribution in [3.8, 4) is 0 Å². The molecule has 2 aliphatic heterocycles. The number of aromatic nitrogens is 1. The van der Waals surface area contributed by atoms with Crippen molar-refractivity contribution in [1.82, 2.24) is 9.88 Å². The molecule has 3 fully saturated rings. The lowest BCUT2D eigenvalue weighted by Crippen LogP contribution is -2.73. The van der Waals surface area contributed by atoms with Gasteiger partial charge in [0, 0.05) is 35.4 Å². The monoisotopic (exact) mass is 505 g/mol. The summed E-state index contributed by atoms with van der Waals surface area (Å²) < 4.78 is 23.9. The number of benzene rings is 1. The summed E-state index contributed by atoms with van der Waals surface area (Å²) in [7, 11) is 3.75. The SMILES string of the molecule is CN(C)[C@H]1C[C@@]23CC[C@@]4(O2)C(=CC[C@]2(C)C(c5ccc6cc(N)ncc6c5)=CCC24)CC3(F)[C@@H](O)[C@@H]1O. The molecule has 8 atom stereocenters. The third kappa shape index (κ3) is 2.86. The largest absolute Gasteiger partial charge is 0.389 e. The molecule has 6 nitrogen and oxygen atoms in total. The first-order valence-corrected chi connectivity index (χ1v) is 13.5. The molecule has 0 amide bonds. The van der Waals surface area contributed by atoms with E-state index in [1.807, 2.05) is 31.3 Å². The first-order chi connectivity index (χ1) is 17.5. The van der Waals surface area contributed by atoms with E-state index >= 15 is 4.39 Å². The van der Waals surface area contributed by atoms with Crippen LogP contribution in [-0.4, -0.2) is 69.3 Å². The van der Waals surface area contributed by atoms with Gasteiger partial charge in [-0.25, -0.2) is 9.37 Å². The average Bonchev–Trinajstić information content (AvgIpc) is 3.40. The number of rotatable bonds is 2. The lowest BCUT2D eigenvalue weighted by Gasteiger charge is -2.61. The maximum absolute atomic E-state index is 16.9. The zero-order valence-electron chi connectivity index (χ0n) is 21.7. The van der Waals surface area contributed by atoms with Crippen LogP contribution in [0.2, 0.25) is 0 Å². The molecule has 1 aromatic carbocycles. The molecule has 1 saturated carbocycles. The van der Waals surface area contributed by atoms with Crippen molar-refractivity contribution >= 4 is 22.2 Å². The molecule has 1 aromatic heterocycles. The minimum atomic E-state index is -1.99. The Morgan fingerprint density at radius 1 is 1.14 bits per heavy atom. The van der Waals surface area contributed by atoms with Gasteiger partial charge in [-0.1, -0.05) is 31.2 Å². The lowest BCUT2D eigenvalue weighted by molar-refractivity contribution is -0.282. The number of hydrogen-bond acceptors (Lipinski definition) is 6. The molecule has 3 aliphatic carbocycles. The van der Waals surface area contributed by atoms with Crippen molar-refractivity contribution in [3.63, 3.8) is 0 Å². The second-order valence-corrected chi connectivity index (χ2v) is 12.6. The summed E-state index contributed by atoms with van der Waals surface area (Å²) in [4.78, 5) is 6.18. The van der Waals surface area contributed by atoms with Gasteiger partial charge in [0.05, 0.1) is 11.7 Å². The molecule has 5 aliphatic rings. The first-order valence-electron chi connectivity index (χ1n) is 13.5. The van der Waals surface area contributed by atoms with Crippen molar-refractivity contribution < 1.29 is 19.3 Å². The normalized spacial score (nSPS) is 44.3. The highest BCUT2D eigenvalue weighted by Crippen LogP contribution is 2.70. The van der Waals surface area contributed by atoms with Gasteiger partial charge < -0.3 is 25.6 Å². The van der Waals surface area contributed by atoms with Crippen molar-refractivity contribution in [2.45, 2.75) is 80.6 Å². The molecule has 3 heterocycles. The van der Waals surface area contributed by atoms with Crippen LogP contribution in [0.5, 0.6) is 0 Å². The van der Waals surface area contributed by atoms with Gasteiger partial charge in [0.15, 0.2) is 5.67 Å². The summed E-state index contributed by atoms with van der Waals surface area (Å²) in [6.45, 7) is 2.33. The molecule has 37 heavy (non-hydrogen) atoms. The number of fused-ring (bicyclic) bond motifs is 2. The quantitative estimate of drug-likeness (QED) is 0.534. The third-order valence-electron chi connectivity index (χ3n) is 10.7. The Morgan fingerprint density at radius 3 is 2.73 bits per heavy atom. The number of nitrogen functional groups attached to an aromatic ring is 1. The fraction of sp³-hybridized carbons (Fsp3) is 0.567. The van der Waals surface area contributed by atoms with Gasteiger partial charge in [-0.05, 0) is 80.4 Å². The van der Waals surface area contributed by atoms with Gasteiger partial charge in [0.25, 0.3) is 0 Å². The van der Waals surface area contributed by atoms with Crippen LogP contribution >= 0.6 is 0 Å². The van der Waals surface area contributed by atoms with E-state index in [-0.39, 0.29) is 23.8 Å². The lowest BCUT2D eigenvalue weighted by atomic mass is 9.56. The molecule has 2 spiro atoms. The number of nitrogens with zero attached hydrogens (tertiary/aromatic N) is 2. The number of pyridine rings is 1. The number of allylic oxidation sites excluding steroid dienone is 3. The molecule has 196 valence electrons. The summed E-state index contributed by atoms with van der Waals surface area (Å²) in [5.41, 5.74) is 5.61. The summed E-state index contributed by atoms with van der Waals surface area (Å²) >= 11 is 0. The Hall–Kier alpha value is -2.32. The van der Waals surface area contributed by atoms with Crippen molar-refractivity contribution in [2.75, 3.05) is 19.8 Å². The number of aliphatic hydroxyl groups excluding tert-OH is 2. The number of aliphatic hydroxyl groups is 2. The van der Waals surface area contributed by atoms with Crippen LogP contribution in [0, 0.1) is 11.3 Å². The molecular formula is C30H36FN3O3. The van der Waals surface area contributed by atoms with Crippen LogP contribution in [0.3, 0.4) is 0 Å². The van der Waals surface area contributed by atoms with Crippen LogP contribution in [-0.2, 0) is 4.74 Å². The molecule has 7 rings (SSSR count). The predicted molar refractivity (Wildman–Crippen MR) is 141 cm³/mol. The molecule has 7 heteroatoms.